The highest BCUT2D eigenvalue weighted by Gasteiger charge is 2.20. The fourth-order valence-corrected chi connectivity index (χ4v) is 8.71. The molecule has 6 aromatic rings. The Labute approximate surface area is 446 Å². The van der Waals surface area contributed by atoms with Crippen LogP contribution >= 0.6 is 11.6 Å². The number of aromatic nitrogens is 2. The summed E-state index contributed by atoms with van der Waals surface area (Å²) in [5, 5.41) is 27.8. The number of hydrogen-bond donors (Lipinski definition) is 2. The molecule has 4 aromatic carbocycles. The molecule has 2 saturated heterocycles. The third-order valence-electron chi connectivity index (χ3n) is 12.5. The van der Waals surface area contributed by atoms with Crippen LogP contribution in [0.5, 0.6) is 11.5 Å². The molecule has 14 nitrogen and oxygen atoms in total. The topological polar surface area (TPSA) is 175 Å². The Morgan fingerprint density at radius 1 is 0.627 bits per heavy atom. The quantitative estimate of drug-likeness (QED) is 0.0548. The van der Waals surface area contributed by atoms with Gasteiger partial charge < -0.3 is 29.6 Å². The zero-order chi connectivity index (χ0) is 53.2. The van der Waals surface area contributed by atoms with Crippen molar-refractivity contribution in [1.29, 1.82) is 10.5 Å². The lowest BCUT2D eigenvalue weighted by atomic mass is 10.0. The Kier molecular flexibility index (Phi) is 23.5. The second-order valence-corrected chi connectivity index (χ2v) is 18.1. The first-order valence-corrected chi connectivity index (χ1v) is 26.4. The lowest BCUT2D eigenvalue weighted by Crippen LogP contribution is -2.38. The van der Waals surface area contributed by atoms with Crippen LogP contribution in [0.2, 0.25) is 5.02 Å². The van der Waals surface area contributed by atoms with E-state index >= 15 is 0 Å². The molecule has 2 aromatic heterocycles. The SMILES string of the molecule is CC.CCCC(NC(=O)/C(C#N)=C/c1ccc2cccc(Cl)c2n1)c1ccc(OCCN2CCOCC2)cc1.CCCC(NC(=O)/C(C#N)=C/c1ccc2ccccc2n1)c1ccc(OCCN2CCOCC2)cc1. The van der Waals surface area contributed by atoms with Crippen LogP contribution in [0.4, 0.5) is 0 Å². The average Bonchev–Trinajstić information content (AvgIpc) is 3.45. The number of hydrogen-bond acceptors (Lipinski definition) is 12. The van der Waals surface area contributed by atoms with E-state index in [0.717, 1.165) is 130 Å². The van der Waals surface area contributed by atoms with E-state index in [0.29, 0.717) is 35.1 Å². The fourth-order valence-electron chi connectivity index (χ4n) is 8.48. The summed E-state index contributed by atoms with van der Waals surface area (Å²) in [4.78, 5) is 39.8. The number of fused-ring (bicyclic) bond motifs is 2. The summed E-state index contributed by atoms with van der Waals surface area (Å²) in [5.41, 5.74) is 4.48. The molecule has 2 N–H and O–H groups in total. The highest BCUT2D eigenvalue weighted by Crippen LogP contribution is 2.26. The highest BCUT2D eigenvalue weighted by molar-refractivity contribution is 6.35. The molecule has 15 heteroatoms. The summed E-state index contributed by atoms with van der Waals surface area (Å²) >= 11 is 6.27. The summed E-state index contributed by atoms with van der Waals surface area (Å²) in [6.07, 6.45) is 6.30. The van der Waals surface area contributed by atoms with Crippen LogP contribution in [0, 0.1) is 22.7 Å². The van der Waals surface area contributed by atoms with Gasteiger partial charge in [0.05, 0.1) is 66.0 Å². The average molecular weight is 1030 g/mol. The molecule has 0 spiro atoms. The van der Waals surface area contributed by atoms with E-state index in [9.17, 15) is 20.1 Å². The minimum absolute atomic E-state index is 0.0110. The van der Waals surface area contributed by atoms with Gasteiger partial charge in [0.15, 0.2) is 0 Å². The fraction of sp³-hybridized carbons (Fsp3) is 0.367. The van der Waals surface area contributed by atoms with E-state index in [-0.39, 0.29) is 23.2 Å². The van der Waals surface area contributed by atoms with Crippen molar-refractivity contribution in [3.05, 3.63) is 154 Å². The van der Waals surface area contributed by atoms with Gasteiger partial charge in [-0.3, -0.25) is 19.4 Å². The maximum atomic E-state index is 13.0. The molecule has 0 bridgehead atoms. The number of pyridine rings is 2. The number of para-hydroxylation sites is 2. The molecule has 2 atom stereocenters. The first-order valence-electron chi connectivity index (χ1n) is 26.1. The molecular formula is C60H69ClN8O6. The van der Waals surface area contributed by atoms with Gasteiger partial charge in [0, 0.05) is 50.0 Å². The number of carbonyl (C=O) groups is 2. The van der Waals surface area contributed by atoms with Gasteiger partial charge in [-0.2, -0.15) is 10.5 Å². The van der Waals surface area contributed by atoms with Crippen LogP contribution in [0.25, 0.3) is 34.0 Å². The molecule has 2 aliphatic rings. The van der Waals surface area contributed by atoms with Crippen molar-refractivity contribution in [2.45, 2.75) is 65.5 Å². The van der Waals surface area contributed by atoms with Gasteiger partial charge in [-0.05, 0) is 84.7 Å². The summed E-state index contributed by atoms with van der Waals surface area (Å²) in [7, 11) is 0. The third-order valence-corrected chi connectivity index (χ3v) is 12.8. The minimum Gasteiger partial charge on any atom is -0.492 e. The van der Waals surface area contributed by atoms with Crippen molar-refractivity contribution in [1.82, 2.24) is 30.4 Å². The van der Waals surface area contributed by atoms with Crippen molar-refractivity contribution < 1.29 is 28.5 Å². The third kappa shape index (κ3) is 17.7. The Morgan fingerprint density at radius 2 is 1.08 bits per heavy atom. The van der Waals surface area contributed by atoms with Crippen LogP contribution in [0.3, 0.4) is 0 Å². The number of ether oxygens (including phenoxy) is 4. The molecule has 4 heterocycles. The number of amides is 2. The minimum atomic E-state index is -0.437. The van der Waals surface area contributed by atoms with Crippen LogP contribution < -0.4 is 20.1 Å². The molecule has 392 valence electrons. The van der Waals surface area contributed by atoms with Crippen LogP contribution in [-0.4, -0.2) is 110 Å². The molecule has 8 rings (SSSR count). The molecule has 2 unspecified atom stereocenters. The standard InChI is InChI=1S/C29H31ClN4O3.C29H32N4O3.C2H6/c1-2-4-27(21-8-11-25(12-9-21)37-18-15-34-13-16-36-17-14-34)33-29(35)23(20-31)19-24-10-7-22-5-3-6-26(30)28(22)32-24;1-2-5-27(23-9-12-26(13-10-23)36-19-16-33-14-17-35-18-15-33)32-29(34)24(21-30)20-25-11-8-22-6-3-4-7-28(22)31-25;1-2/h3,5-12,19,27H,2,4,13-18H2,1H3,(H,33,35);3-4,6-13,20,27H,2,5,14-19H2,1H3,(H,32,34);1-2H3/b23-19+;24-20+;. The van der Waals surface area contributed by atoms with E-state index in [1.807, 2.05) is 129 Å². The first-order chi connectivity index (χ1) is 36.7. The second kappa shape index (κ2) is 30.9. The molecule has 2 fully saturated rings. The van der Waals surface area contributed by atoms with Gasteiger partial charge in [-0.25, -0.2) is 9.97 Å². The largest absolute Gasteiger partial charge is 0.492 e. The zero-order valence-corrected chi connectivity index (χ0v) is 44.4. The van der Waals surface area contributed by atoms with Crippen molar-refractivity contribution in [2.24, 2.45) is 0 Å². The van der Waals surface area contributed by atoms with Crippen LogP contribution in [0.1, 0.15) is 88.0 Å². The molecule has 0 saturated carbocycles. The Hall–Kier alpha value is -7.17. The predicted octanol–water partition coefficient (Wildman–Crippen LogP) is 10.7. The lowest BCUT2D eigenvalue weighted by molar-refractivity contribution is -0.118. The first kappa shape index (κ1) is 57.1. The molecule has 2 amide bonds. The van der Waals surface area contributed by atoms with E-state index in [1.54, 1.807) is 12.1 Å². The van der Waals surface area contributed by atoms with Gasteiger partial charge in [-0.1, -0.05) is 119 Å². The van der Waals surface area contributed by atoms with Gasteiger partial charge in [0.25, 0.3) is 11.8 Å². The summed E-state index contributed by atoms with van der Waals surface area (Å²) in [5.74, 6) is 0.746. The maximum absolute atomic E-state index is 13.0. The number of halogens is 1. The van der Waals surface area contributed by atoms with Crippen molar-refractivity contribution >= 4 is 57.4 Å². The number of nitrogens with one attached hydrogen (secondary N) is 2. The lowest BCUT2D eigenvalue weighted by Gasteiger charge is -2.26. The van der Waals surface area contributed by atoms with Crippen molar-refractivity contribution in [3.8, 4) is 23.6 Å². The highest BCUT2D eigenvalue weighted by atomic mass is 35.5. The molecule has 0 radical (unpaired) electrons. The number of carbonyl (C=O) groups excluding carboxylic acids is 2. The number of benzene rings is 4. The Morgan fingerprint density at radius 3 is 1.56 bits per heavy atom. The summed E-state index contributed by atoms with van der Waals surface area (Å²) in [6, 6.07) is 39.9. The monoisotopic (exact) mass is 1030 g/mol. The smallest absolute Gasteiger partial charge is 0.262 e. The molecular weight excluding hydrogens is 964 g/mol. The molecule has 2 aliphatic heterocycles. The summed E-state index contributed by atoms with van der Waals surface area (Å²) < 4.78 is 22.6. The number of nitriles is 2. The normalized spacial score (nSPS) is 14.9. The molecule has 0 aliphatic carbocycles. The number of morpholine rings is 2. The van der Waals surface area contributed by atoms with Crippen molar-refractivity contribution in [2.75, 3.05) is 78.9 Å². The van der Waals surface area contributed by atoms with E-state index in [4.69, 9.17) is 30.5 Å². The van der Waals surface area contributed by atoms with E-state index < -0.39 is 11.8 Å². The maximum Gasteiger partial charge on any atom is 0.262 e. The Bertz CT molecular complexity index is 2900. The number of nitrogens with zero attached hydrogens (tertiary/aromatic N) is 6. The van der Waals surface area contributed by atoms with Gasteiger partial charge >= 0.3 is 0 Å². The van der Waals surface area contributed by atoms with Gasteiger partial charge in [-0.15, -0.1) is 0 Å². The van der Waals surface area contributed by atoms with Crippen LogP contribution in [-0.2, 0) is 19.1 Å². The van der Waals surface area contributed by atoms with E-state index in [2.05, 4.69) is 44.2 Å². The van der Waals surface area contributed by atoms with E-state index in [1.165, 1.54) is 12.2 Å². The second-order valence-electron chi connectivity index (χ2n) is 17.7. The van der Waals surface area contributed by atoms with Crippen LogP contribution in [0.15, 0.2) is 126 Å². The predicted molar refractivity (Wildman–Crippen MR) is 297 cm³/mol. The summed E-state index contributed by atoms with van der Waals surface area (Å²) in [6.45, 7) is 17.9. The van der Waals surface area contributed by atoms with Gasteiger partial charge in [0.1, 0.15) is 48.0 Å². The van der Waals surface area contributed by atoms with Gasteiger partial charge in [0.2, 0.25) is 0 Å². The Balaban J connectivity index is 0.000000236. The number of rotatable bonds is 20. The van der Waals surface area contributed by atoms with Crippen molar-refractivity contribution in [3.63, 3.8) is 0 Å². The zero-order valence-electron chi connectivity index (χ0n) is 43.6. The molecule has 75 heavy (non-hydrogen) atoms.